The summed E-state index contributed by atoms with van der Waals surface area (Å²) in [6.45, 7) is 3.98. The third kappa shape index (κ3) is 5.67. The lowest BCUT2D eigenvalue weighted by Crippen LogP contribution is -2.30. The summed E-state index contributed by atoms with van der Waals surface area (Å²) >= 11 is 0. The van der Waals surface area contributed by atoms with Crippen molar-refractivity contribution in [3.05, 3.63) is 106 Å². The van der Waals surface area contributed by atoms with E-state index in [1.807, 2.05) is 48.4 Å². The Labute approximate surface area is 176 Å². The SMILES string of the molecule is CCCN(Cc1cccn1Cc1ccccc1)C(=O)/C=C/c1ccc([N+](=O)[O-])cc1. The summed E-state index contributed by atoms with van der Waals surface area (Å²) in [4.78, 5) is 24.9. The van der Waals surface area contributed by atoms with E-state index in [0.29, 0.717) is 13.1 Å². The first-order valence-corrected chi connectivity index (χ1v) is 9.96. The number of nitrogens with zero attached hydrogens (tertiary/aromatic N) is 3. The number of aromatic nitrogens is 1. The van der Waals surface area contributed by atoms with Crippen LogP contribution in [0, 0.1) is 10.1 Å². The smallest absolute Gasteiger partial charge is 0.269 e. The zero-order valence-corrected chi connectivity index (χ0v) is 17.0. The van der Waals surface area contributed by atoms with E-state index in [9.17, 15) is 14.9 Å². The first-order chi connectivity index (χ1) is 14.6. The molecule has 1 heterocycles. The van der Waals surface area contributed by atoms with Crippen molar-refractivity contribution in [3.63, 3.8) is 0 Å². The Bertz CT molecular complexity index is 1010. The van der Waals surface area contributed by atoms with Gasteiger partial charge in [-0.2, -0.15) is 0 Å². The van der Waals surface area contributed by atoms with Crippen LogP contribution in [-0.2, 0) is 17.9 Å². The molecule has 0 fully saturated rings. The normalized spacial score (nSPS) is 11.0. The molecule has 6 heteroatoms. The van der Waals surface area contributed by atoms with E-state index < -0.39 is 4.92 Å². The molecule has 2 aromatic carbocycles. The van der Waals surface area contributed by atoms with Crippen molar-refractivity contribution in [2.24, 2.45) is 0 Å². The summed E-state index contributed by atoms with van der Waals surface area (Å²) in [6.07, 6.45) is 6.11. The summed E-state index contributed by atoms with van der Waals surface area (Å²) in [5.74, 6) is -0.0809. The quantitative estimate of drug-likeness (QED) is 0.290. The minimum Gasteiger partial charge on any atom is -0.345 e. The van der Waals surface area contributed by atoms with Gasteiger partial charge >= 0.3 is 0 Å². The fourth-order valence-electron chi connectivity index (χ4n) is 3.24. The molecule has 0 aliphatic rings. The van der Waals surface area contributed by atoms with Gasteiger partial charge in [0.1, 0.15) is 0 Å². The van der Waals surface area contributed by atoms with E-state index in [1.165, 1.54) is 23.8 Å². The second-order valence-electron chi connectivity index (χ2n) is 7.05. The first-order valence-electron chi connectivity index (χ1n) is 9.96. The highest BCUT2D eigenvalue weighted by Gasteiger charge is 2.13. The molecule has 0 radical (unpaired) electrons. The predicted molar refractivity (Wildman–Crippen MR) is 118 cm³/mol. The van der Waals surface area contributed by atoms with Gasteiger partial charge in [-0.15, -0.1) is 0 Å². The number of nitro groups is 1. The Morgan fingerprint density at radius 2 is 1.80 bits per heavy atom. The molecule has 154 valence electrons. The van der Waals surface area contributed by atoms with Gasteiger partial charge in [-0.3, -0.25) is 14.9 Å². The number of benzene rings is 2. The van der Waals surface area contributed by atoms with Crippen molar-refractivity contribution in [2.45, 2.75) is 26.4 Å². The minimum absolute atomic E-state index is 0.0327. The summed E-state index contributed by atoms with van der Waals surface area (Å²) in [5.41, 5.74) is 3.06. The number of hydrogen-bond donors (Lipinski definition) is 0. The predicted octanol–water partition coefficient (Wildman–Crippen LogP) is 4.90. The van der Waals surface area contributed by atoms with Crippen LogP contribution in [-0.4, -0.2) is 26.8 Å². The van der Waals surface area contributed by atoms with Gasteiger partial charge in [0.15, 0.2) is 0 Å². The molecule has 30 heavy (non-hydrogen) atoms. The summed E-state index contributed by atoms with van der Waals surface area (Å²) in [5, 5.41) is 10.8. The summed E-state index contributed by atoms with van der Waals surface area (Å²) in [6, 6.07) is 20.4. The molecule has 3 aromatic rings. The van der Waals surface area contributed by atoms with Crippen molar-refractivity contribution in [3.8, 4) is 0 Å². The number of hydrogen-bond acceptors (Lipinski definition) is 3. The van der Waals surface area contributed by atoms with Gasteiger partial charge in [0, 0.05) is 43.2 Å². The van der Waals surface area contributed by atoms with Crippen molar-refractivity contribution in [1.82, 2.24) is 9.47 Å². The van der Waals surface area contributed by atoms with Crippen LogP contribution in [0.25, 0.3) is 6.08 Å². The fourth-order valence-corrected chi connectivity index (χ4v) is 3.24. The van der Waals surface area contributed by atoms with Crippen LogP contribution in [0.5, 0.6) is 0 Å². The number of carbonyl (C=O) groups excluding carboxylic acids is 1. The van der Waals surface area contributed by atoms with Gasteiger partial charge in [0.25, 0.3) is 5.69 Å². The van der Waals surface area contributed by atoms with Gasteiger partial charge in [0.2, 0.25) is 5.91 Å². The van der Waals surface area contributed by atoms with Crippen LogP contribution in [0.3, 0.4) is 0 Å². The van der Waals surface area contributed by atoms with Gasteiger partial charge in [-0.1, -0.05) is 37.3 Å². The third-order valence-corrected chi connectivity index (χ3v) is 4.80. The molecule has 0 atom stereocenters. The number of nitro benzene ring substituents is 1. The molecule has 0 spiro atoms. The maximum Gasteiger partial charge on any atom is 0.269 e. The van der Waals surface area contributed by atoms with Crippen molar-refractivity contribution >= 4 is 17.7 Å². The van der Waals surface area contributed by atoms with Gasteiger partial charge < -0.3 is 9.47 Å². The number of non-ortho nitro benzene ring substituents is 1. The van der Waals surface area contributed by atoms with Gasteiger partial charge in [0.05, 0.1) is 11.5 Å². The zero-order chi connectivity index (χ0) is 21.3. The standard InChI is InChI=1S/C24H25N3O3/c1-2-16-26(24(28)15-12-20-10-13-22(14-11-20)27(29)30)19-23-9-6-17-25(23)18-21-7-4-3-5-8-21/h3-15,17H,2,16,18-19H2,1H3/b15-12+. The largest absolute Gasteiger partial charge is 0.345 e. The molecule has 0 saturated carbocycles. The van der Waals surface area contributed by atoms with Crippen LogP contribution < -0.4 is 0 Å². The van der Waals surface area contributed by atoms with Crippen LogP contribution in [0.15, 0.2) is 79.0 Å². The highest BCUT2D eigenvalue weighted by atomic mass is 16.6. The Hall–Kier alpha value is -3.67. The van der Waals surface area contributed by atoms with Crippen LogP contribution >= 0.6 is 0 Å². The summed E-state index contributed by atoms with van der Waals surface area (Å²) in [7, 11) is 0. The number of carbonyl (C=O) groups is 1. The molecular formula is C24H25N3O3. The maximum absolute atomic E-state index is 12.8. The molecule has 0 aliphatic heterocycles. The Morgan fingerprint density at radius 1 is 1.07 bits per heavy atom. The van der Waals surface area contributed by atoms with E-state index in [1.54, 1.807) is 18.2 Å². The third-order valence-electron chi connectivity index (χ3n) is 4.80. The monoisotopic (exact) mass is 403 g/mol. The average Bonchev–Trinajstić information content (AvgIpc) is 3.19. The van der Waals surface area contributed by atoms with E-state index in [2.05, 4.69) is 16.7 Å². The molecule has 1 amide bonds. The van der Waals surface area contributed by atoms with Crippen LogP contribution in [0.1, 0.15) is 30.2 Å². The Kier molecular flexibility index (Phi) is 7.16. The number of amides is 1. The second-order valence-corrected chi connectivity index (χ2v) is 7.05. The Balaban J connectivity index is 1.69. The molecule has 0 saturated heterocycles. The lowest BCUT2D eigenvalue weighted by atomic mass is 10.2. The zero-order valence-electron chi connectivity index (χ0n) is 17.0. The average molecular weight is 403 g/mol. The minimum atomic E-state index is -0.438. The molecule has 3 rings (SSSR count). The molecule has 0 N–H and O–H groups in total. The molecule has 6 nitrogen and oxygen atoms in total. The van der Waals surface area contributed by atoms with E-state index in [0.717, 1.165) is 24.2 Å². The first kappa shape index (κ1) is 21.0. The topological polar surface area (TPSA) is 68.4 Å². The van der Waals surface area contributed by atoms with Crippen LogP contribution in [0.4, 0.5) is 5.69 Å². The van der Waals surface area contributed by atoms with Crippen molar-refractivity contribution in [1.29, 1.82) is 0 Å². The molecular weight excluding hydrogens is 378 g/mol. The molecule has 0 unspecified atom stereocenters. The van der Waals surface area contributed by atoms with E-state index >= 15 is 0 Å². The lowest BCUT2D eigenvalue weighted by Gasteiger charge is -2.22. The maximum atomic E-state index is 12.8. The Morgan fingerprint density at radius 3 is 2.47 bits per heavy atom. The molecule has 0 aliphatic carbocycles. The van der Waals surface area contributed by atoms with Crippen LogP contribution in [0.2, 0.25) is 0 Å². The molecule has 1 aromatic heterocycles. The van der Waals surface area contributed by atoms with Crippen molar-refractivity contribution < 1.29 is 9.72 Å². The highest BCUT2D eigenvalue weighted by Crippen LogP contribution is 2.14. The highest BCUT2D eigenvalue weighted by molar-refractivity contribution is 5.91. The fraction of sp³-hybridized carbons (Fsp3) is 0.208. The lowest BCUT2D eigenvalue weighted by molar-refractivity contribution is -0.384. The van der Waals surface area contributed by atoms with E-state index in [4.69, 9.17) is 0 Å². The van der Waals surface area contributed by atoms with Crippen molar-refractivity contribution in [2.75, 3.05) is 6.54 Å². The summed E-state index contributed by atoms with van der Waals surface area (Å²) < 4.78 is 2.16. The molecule has 0 bridgehead atoms. The van der Waals surface area contributed by atoms with Gasteiger partial charge in [-0.25, -0.2) is 0 Å². The number of rotatable bonds is 9. The van der Waals surface area contributed by atoms with Gasteiger partial charge in [-0.05, 0) is 47.9 Å². The second kappa shape index (κ2) is 10.2. The van der Waals surface area contributed by atoms with E-state index in [-0.39, 0.29) is 11.6 Å².